The van der Waals surface area contributed by atoms with Crippen molar-refractivity contribution in [3.05, 3.63) is 52.2 Å². The Bertz CT molecular complexity index is 1360. The van der Waals surface area contributed by atoms with Crippen molar-refractivity contribution in [1.29, 1.82) is 0 Å². The van der Waals surface area contributed by atoms with Gasteiger partial charge in [-0.25, -0.2) is 4.98 Å². The van der Waals surface area contributed by atoms with Crippen molar-refractivity contribution >= 4 is 34.2 Å². The highest BCUT2D eigenvalue weighted by Gasteiger charge is 2.42. The second kappa shape index (κ2) is 10.2. The number of nitrogens with one attached hydrogen (secondary N) is 3. The fourth-order valence-electron chi connectivity index (χ4n) is 4.68. The number of hydrogen-bond acceptors (Lipinski definition) is 5. The van der Waals surface area contributed by atoms with Crippen molar-refractivity contribution in [2.45, 2.75) is 71.8 Å². The van der Waals surface area contributed by atoms with Crippen LogP contribution in [-0.4, -0.2) is 49.7 Å². The number of likely N-dealkylation sites (tertiary alicyclic amines) is 1. The molecule has 206 valence electrons. The third-order valence-electron chi connectivity index (χ3n) is 6.46. The van der Waals surface area contributed by atoms with Gasteiger partial charge in [-0.05, 0) is 50.1 Å². The molecule has 0 atom stereocenters. The summed E-state index contributed by atoms with van der Waals surface area (Å²) in [5.41, 5.74) is -0.286. The van der Waals surface area contributed by atoms with E-state index in [9.17, 15) is 18.0 Å². The number of carbonyl (C=O) groups excluding carboxylic acids is 1. The number of hydrogen-bond donors (Lipinski definition) is 3. The van der Waals surface area contributed by atoms with Gasteiger partial charge >= 0.3 is 6.18 Å². The van der Waals surface area contributed by atoms with Gasteiger partial charge in [0.1, 0.15) is 11.5 Å². The van der Waals surface area contributed by atoms with Crippen molar-refractivity contribution < 1.29 is 18.0 Å². The van der Waals surface area contributed by atoms with Crippen LogP contribution in [0.5, 0.6) is 0 Å². The number of rotatable bonds is 7. The molecule has 12 heteroatoms. The zero-order valence-corrected chi connectivity index (χ0v) is 23.1. The summed E-state index contributed by atoms with van der Waals surface area (Å²) in [5.74, 6) is -0.244. The minimum atomic E-state index is -4.80. The van der Waals surface area contributed by atoms with Crippen LogP contribution in [0.2, 0.25) is 5.02 Å². The molecule has 1 aliphatic heterocycles. The topological polar surface area (TPSA) is 90.9 Å². The zero-order valence-electron chi connectivity index (χ0n) is 22.3. The minimum absolute atomic E-state index is 0.0690. The fraction of sp³-hybridized carbons (Fsp3) is 0.500. The van der Waals surface area contributed by atoms with Gasteiger partial charge in [-0.2, -0.15) is 18.3 Å². The lowest BCUT2D eigenvalue weighted by molar-refractivity contribution is -0.141. The number of nitrogens with zero attached hydrogens (tertiary/aromatic N) is 4. The molecule has 2 aromatic heterocycles. The van der Waals surface area contributed by atoms with Crippen molar-refractivity contribution in [1.82, 2.24) is 30.0 Å². The number of fused-ring (bicyclic) bond motifs is 1. The molecule has 1 aliphatic rings. The smallest absolute Gasteiger partial charge is 0.373 e. The number of halogens is 4. The van der Waals surface area contributed by atoms with Gasteiger partial charge in [0.15, 0.2) is 11.5 Å². The number of alkyl halides is 3. The van der Waals surface area contributed by atoms with Crippen LogP contribution in [0.1, 0.15) is 75.2 Å². The Kier molecular flexibility index (Phi) is 7.44. The molecule has 1 saturated heterocycles. The Morgan fingerprint density at radius 1 is 1.26 bits per heavy atom. The number of aromatic amines is 1. The first-order chi connectivity index (χ1) is 17.7. The van der Waals surface area contributed by atoms with Gasteiger partial charge in [-0.1, -0.05) is 38.4 Å². The predicted molar refractivity (Wildman–Crippen MR) is 142 cm³/mol. The molecule has 1 aromatic carbocycles. The van der Waals surface area contributed by atoms with Crippen LogP contribution < -0.4 is 10.6 Å². The number of amides is 1. The highest BCUT2D eigenvalue weighted by molar-refractivity contribution is 6.32. The van der Waals surface area contributed by atoms with E-state index in [1.807, 2.05) is 50.9 Å². The number of imidazole rings is 1. The molecule has 0 bridgehead atoms. The molecule has 1 amide bonds. The SMILES string of the molecule is CC=CN1CC(NC(=O)c2c(C(F)(F)F)nc(CNc3n[nH]c4cc(Cl)c(C(C)(C)C)cc34)n2C(C)C)C1. The average molecular weight is 552 g/mol. The van der Waals surface area contributed by atoms with E-state index in [4.69, 9.17) is 11.6 Å². The van der Waals surface area contributed by atoms with E-state index in [0.717, 1.165) is 10.9 Å². The van der Waals surface area contributed by atoms with E-state index in [0.29, 0.717) is 29.4 Å². The molecule has 0 unspecified atom stereocenters. The van der Waals surface area contributed by atoms with Crippen LogP contribution in [0.15, 0.2) is 24.4 Å². The first kappa shape index (κ1) is 27.8. The van der Waals surface area contributed by atoms with E-state index >= 15 is 0 Å². The quantitative estimate of drug-likeness (QED) is 0.342. The number of carbonyl (C=O) groups is 1. The lowest BCUT2D eigenvalue weighted by Crippen LogP contribution is -2.57. The van der Waals surface area contributed by atoms with Crippen molar-refractivity contribution in [2.24, 2.45) is 0 Å². The first-order valence-electron chi connectivity index (χ1n) is 12.5. The average Bonchev–Trinajstić information content (AvgIpc) is 3.36. The summed E-state index contributed by atoms with van der Waals surface area (Å²) in [4.78, 5) is 19.0. The summed E-state index contributed by atoms with van der Waals surface area (Å²) in [6.45, 7) is 12.5. The molecular weight excluding hydrogens is 519 g/mol. The normalized spacial score (nSPS) is 15.1. The van der Waals surface area contributed by atoms with E-state index in [1.165, 1.54) is 4.57 Å². The fourth-order valence-corrected chi connectivity index (χ4v) is 5.12. The Balaban J connectivity index is 1.65. The van der Waals surface area contributed by atoms with Gasteiger partial charge in [-0.3, -0.25) is 9.89 Å². The minimum Gasteiger partial charge on any atom is -0.373 e. The lowest BCUT2D eigenvalue weighted by atomic mass is 9.86. The van der Waals surface area contributed by atoms with E-state index < -0.39 is 29.5 Å². The largest absolute Gasteiger partial charge is 0.435 e. The van der Waals surface area contributed by atoms with E-state index in [1.54, 1.807) is 19.9 Å². The molecule has 38 heavy (non-hydrogen) atoms. The van der Waals surface area contributed by atoms with E-state index in [2.05, 4.69) is 25.8 Å². The second-order valence-electron chi connectivity index (χ2n) is 10.8. The van der Waals surface area contributed by atoms with Crippen molar-refractivity contribution in [3.8, 4) is 0 Å². The molecule has 3 N–H and O–H groups in total. The van der Waals surface area contributed by atoms with Crippen LogP contribution >= 0.6 is 11.6 Å². The summed E-state index contributed by atoms with van der Waals surface area (Å²) < 4.78 is 43.5. The third-order valence-corrected chi connectivity index (χ3v) is 6.77. The highest BCUT2D eigenvalue weighted by atomic mass is 35.5. The lowest BCUT2D eigenvalue weighted by Gasteiger charge is -2.38. The standard InChI is InChI=1S/C26H33ClF3N7O/c1-7-8-36-12-15(13-36)32-24(38)21-22(26(28,29)30)33-20(37(21)14(2)3)11-31-23-16-9-17(25(4,5)6)18(27)10-19(16)34-35-23/h7-10,14-15H,11-13H2,1-6H3,(H,32,38)(H2,31,34,35). The van der Waals surface area contributed by atoms with Gasteiger partial charge in [0.25, 0.3) is 5.91 Å². The monoisotopic (exact) mass is 551 g/mol. The number of benzene rings is 1. The molecule has 0 radical (unpaired) electrons. The Morgan fingerprint density at radius 3 is 2.53 bits per heavy atom. The molecule has 0 aliphatic carbocycles. The molecule has 0 saturated carbocycles. The molecule has 0 spiro atoms. The maximum atomic E-state index is 14.1. The number of anilines is 1. The predicted octanol–water partition coefficient (Wildman–Crippen LogP) is 5.87. The van der Waals surface area contributed by atoms with Crippen LogP contribution in [-0.2, 0) is 18.1 Å². The number of H-pyrrole nitrogens is 1. The Morgan fingerprint density at radius 2 is 1.95 bits per heavy atom. The zero-order chi connectivity index (χ0) is 28.0. The van der Waals surface area contributed by atoms with Gasteiger partial charge in [-0.15, -0.1) is 0 Å². The number of allylic oxidation sites excluding steroid dienone is 1. The van der Waals surface area contributed by atoms with Gasteiger partial charge in [0.2, 0.25) is 0 Å². The maximum absolute atomic E-state index is 14.1. The van der Waals surface area contributed by atoms with Gasteiger partial charge in [0, 0.05) is 29.5 Å². The number of aromatic nitrogens is 4. The molecular formula is C26H33ClF3N7O. The van der Waals surface area contributed by atoms with Crippen LogP contribution in [0, 0.1) is 0 Å². The molecule has 1 fully saturated rings. The molecule has 3 aromatic rings. The Hall–Kier alpha value is -3.21. The van der Waals surface area contributed by atoms with Crippen LogP contribution in [0.25, 0.3) is 10.9 Å². The second-order valence-corrected chi connectivity index (χ2v) is 11.3. The molecule has 4 rings (SSSR count). The summed E-state index contributed by atoms with van der Waals surface area (Å²) in [7, 11) is 0. The maximum Gasteiger partial charge on any atom is 0.435 e. The highest BCUT2D eigenvalue weighted by Crippen LogP contribution is 2.36. The third kappa shape index (κ3) is 5.48. The van der Waals surface area contributed by atoms with Gasteiger partial charge in [0.05, 0.1) is 18.1 Å². The van der Waals surface area contributed by atoms with Crippen molar-refractivity contribution in [2.75, 3.05) is 18.4 Å². The van der Waals surface area contributed by atoms with Crippen LogP contribution in [0.4, 0.5) is 19.0 Å². The van der Waals surface area contributed by atoms with Gasteiger partial charge < -0.3 is 20.1 Å². The summed E-state index contributed by atoms with van der Waals surface area (Å²) in [5, 5.41) is 14.4. The van der Waals surface area contributed by atoms with E-state index in [-0.39, 0.29) is 23.8 Å². The van der Waals surface area contributed by atoms with Crippen molar-refractivity contribution in [3.63, 3.8) is 0 Å². The van der Waals surface area contributed by atoms with Crippen LogP contribution in [0.3, 0.4) is 0 Å². The molecule has 3 heterocycles. The molecule has 8 nitrogen and oxygen atoms in total. The summed E-state index contributed by atoms with van der Waals surface area (Å²) in [6.07, 6.45) is -1.05. The first-order valence-corrected chi connectivity index (χ1v) is 12.9. The summed E-state index contributed by atoms with van der Waals surface area (Å²) >= 11 is 6.46. The Labute approximate surface area is 224 Å². The summed E-state index contributed by atoms with van der Waals surface area (Å²) in [6, 6.07) is 3.02.